The van der Waals surface area contributed by atoms with Crippen LogP contribution in [0.5, 0.6) is 0 Å². The Morgan fingerprint density at radius 2 is 2.10 bits per heavy atom. The Kier molecular flexibility index (Phi) is 5.02. The highest BCUT2D eigenvalue weighted by atomic mass is 32.2. The Hall–Kier alpha value is -0.510. The van der Waals surface area contributed by atoms with Crippen LogP contribution in [0, 0.1) is 0 Å². The van der Waals surface area contributed by atoms with Gasteiger partial charge in [0, 0.05) is 6.42 Å². The van der Waals surface area contributed by atoms with Gasteiger partial charge in [-0.05, 0) is 6.42 Å². The molecule has 4 heteroatoms. The number of rotatable bonds is 4. The van der Waals surface area contributed by atoms with Gasteiger partial charge in [-0.1, -0.05) is 18.7 Å². The molecule has 0 heterocycles. The van der Waals surface area contributed by atoms with Crippen molar-refractivity contribution in [3.63, 3.8) is 0 Å². The average molecular weight is 162 g/mol. The van der Waals surface area contributed by atoms with Crippen LogP contribution in [-0.4, -0.2) is 21.9 Å². The second-order valence-electron chi connectivity index (χ2n) is 1.80. The van der Waals surface area contributed by atoms with E-state index in [1.807, 2.05) is 6.92 Å². The second kappa shape index (κ2) is 5.29. The van der Waals surface area contributed by atoms with E-state index in [1.165, 1.54) is 0 Å². The van der Waals surface area contributed by atoms with Crippen molar-refractivity contribution < 1.29 is 14.7 Å². The quantitative estimate of drug-likeness (QED) is 0.673. The predicted molar refractivity (Wildman–Crippen MR) is 40.0 cm³/mol. The number of thioether (sulfide) groups is 1. The first-order chi connectivity index (χ1) is 4.66. The molecule has 0 aliphatic heterocycles. The fourth-order valence-corrected chi connectivity index (χ4v) is 1.05. The molecule has 0 unspecified atom stereocenters. The molecule has 10 heavy (non-hydrogen) atoms. The van der Waals surface area contributed by atoms with Crippen LogP contribution >= 0.6 is 11.8 Å². The summed E-state index contributed by atoms with van der Waals surface area (Å²) in [6.07, 6.45) is 1.25. The average Bonchev–Trinajstić information content (AvgIpc) is 1.85. The smallest absolute Gasteiger partial charge is 0.313 e. The van der Waals surface area contributed by atoms with Gasteiger partial charge in [0.1, 0.15) is 0 Å². The maximum absolute atomic E-state index is 10.6. The fourth-order valence-electron chi connectivity index (χ4n) is 0.419. The molecule has 0 aliphatic rings. The van der Waals surface area contributed by atoms with Gasteiger partial charge in [-0.2, -0.15) is 0 Å². The molecule has 0 fully saturated rings. The maximum Gasteiger partial charge on any atom is 0.313 e. The van der Waals surface area contributed by atoms with E-state index in [0.717, 1.165) is 18.2 Å². The Balaban J connectivity index is 3.30. The Labute approximate surface area is 63.8 Å². The zero-order chi connectivity index (χ0) is 7.98. The Bertz CT molecular complexity index is 133. The van der Waals surface area contributed by atoms with Gasteiger partial charge < -0.3 is 5.11 Å². The standard InChI is InChI=1S/C6H10O3S/c1-2-3-6(9)10-4-5(7)8/h2-4H2,1H3,(H,7,8). The molecule has 0 aromatic heterocycles. The van der Waals surface area contributed by atoms with Crippen LogP contribution in [0.25, 0.3) is 0 Å². The molecular formula is C6H10O3S. The molecule has 0 rings (SSSR count). The van der Waals surface area contributed by atoms with Gasteiger partial charge in [0.25, 0.3) is 0 Å². The van der Waals surface area contributed by atoms with Crippen molar-refractivity contribution in [2.45, 2.75) is 19.8 Å². The van der Waals surface area contributed by atoms with Crippen LogP contribution in [0.2, 0.25) is 0 Å². The maximum atomic E-state index is 10.6. The first-order valence-electron chi connectivity index (χ1n) is 3.04. The van der Waals surface area contributed by atoms with E-state index in [9.17, 15) is 9.59 Å². The van der Waals surface area contributed by atoms with E-state index in [0.29, 0.717) is 6.42 Å². The van der Waals surface area contributed by atoms with Crippen molar-refractivity contribution in [2.75, 3.05) is 5.75 Å². The second-order valence-corrected chi connectivity index (χ2v) is 2.84. The highest BCUT2D eigenvalue weighted by molar-refractivity contribution is 8.14. The predicted octanol–water partition coefficient (Wildman–Crippen LogP) is 1.13. The number of carboxylic acid groups (broad SMARTS) is 1. The third kappa shape index (κ3) is 5.62. The molecule has 0 saturated carbocycles. The summed E-state index contributed by atoms with van der Waals surface area (Å²) in [5.74, 6) is -1.05. The van der Waals surface area contributed by atoms with E-state index < -0.39 is 5.97 Å². The molecular weight excluding hydrogens is 152 g/mol. The van der Waals surface area contributed by atoms with Gasteiger partial charge in [-0.15, -0.1) is 0 Å². The van der Waals surface area contributed by atoms with Gasteiger partial charge in [-0.3, -0.25) is 9.59 Å². The minimum atomic E-state index is -0.936. The molecule has 0 bridgehead atoms. The highest BCUT2D eigenvalue weighted by Crippen LogP contribution is 2.05. The van der Waals surface area contributed by atoms with Gasteiger partial charge >= 0.3 is 5.97 Å². The van der Waals surface area contributed by atoms with Crippen LogP contribution < -0.4 is 0 Å². The van der Waals surface area contributed by atoms with Crippen molar-refractivity contribution in [1.82, 2.24) is 0 Å². The summed E-state index contributed by atoms with van der Waals surface area (Å²) in [6.45, 7) is 1.89. The largest absolute Gasteiger partial charge is 0.481 e. The summed E-state index contributed by atoms with van der Waals surface area (Å²) < 4.78 is 0. The van der Waals surface area contributed by atoms with E-state index in [4.69, 9.17) is 5.11 Å². The first-order valence-corrected chi connectivity index (χ1v) is 4.02. The Morgan fingerprint density at radius 3 is 2.50 bits per heavy atom. The van der Waals surface area contributed by atoms with E-state index in [-0.39, 0.29) is 10.9 Å². The molecule has 0 spiro atoms. The van der Waals surface area contributed by atoms with E-state index in [2.05, 4.69) is 0 Å². The molecule has 0 amide bonds. The lowest BCUT2D eigenvalue weighted by molar-refractivity contribution is -0.134. The van der Waals surface area contributed by atoms with Crippen LogP contribution in [-0.2, 0) is 9.59 Å². The van der Waals surface area contributed by atoms with Crippen molar-refractivity contribution in [1.29, 1.82) is 0 Å². The molecule has 58 valence electrons. The molecule has 1 N–H and O–H groups in total. The molecule has 0 aromatic carbocycles. The number of aliphatic carboxylic acids is 1. The number of carbonyl (C=O) groups excluding carboxylic acids is 1. The number of hydrogen-bond donors (Lipinski definition) is 1. The van der Waals surface area contributed by atoms with Crippen molar-refractivity contribution in [2.24, 2.45) is 0 Å². The summed E-state index contributed by atoms with van der Waals surface area (Å²) in [5, 5.41) is 8.12. The Morgan fingerprint density at radius 1 is 1.50 bits per heavy atom. The van der Waals surface area contributed by atoms with Crippen molar-refractivity contribution in [3.8, 4) is 0 Å². The van der Waals surface area contributed by atoms with Crippen LogP contribution in [0.4, 0.5) is 0 Å². The summed E-state index contributed by atoms with van der Waals surface area (Å²) in [5.41, 5.74) is 0. The normalized spacial score (nSPS) is 9.30. The lowest BCUT2D eigenvalue weighted by atomic mass is 10.4. The van der Waals surface area contributed by atoms with Gasteiger partial charge in [-0.25, -0.2) is 0 Å². The minimum Gasteiger partial charge on any atom is -0.481 e. The molecule has 0 aromatic rings. The summed E-state index contributed by atoms with van der Waals surface area (Å²) in [4.78, 5) is 20.6. The van der Waals surface area contributed by atoms with Crippen LogP contribution in [0.15, 0.2) is 0 Å². The molecule has 0 aliphatic carbocycles. The zero-order valence-electron chi connectivity index (χ0n) is 5.79. The van der Waals surface area contributed by atoms with Gasteiger partial charge in [0.05, 0.1) is 5.75 Å². The third-order valence-electron chi connectivity index (χ3n) is 0.811. The summed E-state index contributed by atoms with van der Waals surface area (Å²) >= 11 is 0.871. The third-order valence-corrected chi connectivity index (χ3v) is 1.73. The fraction of sp³-hybridized carbons (Fsp3) is 0.667. The highest BCUT2D eigenvalue weighted by Gasteiger charge is 2.03. The molecule has 0 radical (unpaired) electrons. The van der Waals surface area contributed by atoms with Crippen molar-refractivity contribution >= 4 is 22.8 Å². The van der Waals surface area contributed by atoms with Crippen molar-refractivity contribution in [3.05, 3.63) is 0 Å². The number of hydrogen-bond acceptors (Lipinski definition) is 3. The first kappa shape index (κ1) is 9.49. The number of carbonyl (C=O) groups is 2. The van der Waals surface area contributed by atoms with E-state index in [1.54, 1.807) is 0 Å². The SMILES string of the molecule is CCCC(=O)SCC(=O)O. The molecule has 3 nitrogen and oxygen atoms in total. The lowest BCUT2D eigenvalue weighted by Crippen LogP contribution is -2.01. The molecule has 0 saturated heterocycles. The van der Waals surface area contributed by atoms with Crippen LogP contribution in [0.3, 0.4) is 0 Å². The minimum absolute atomic E-state index is 0.0371. The number of carboxylic acids is 1. The van der Waals surface area contributed by atoms with E-state index >= 15 is 0 Å². The summed E-state index contributed by atoms with van der Waals surface area (Å²) in [7, 11) is 0. The van der Waals surface area contributed by atoms with Crippen LogP contribution in [0.1, 0.15) is 19.8 Å². The molecule has 0 atom stereocenters. The lowest BCUT2D eigenvalue weighted by Gasteiger charge is -1.92. The monoisotopic (exact) mass is 162 g/mol. The summed E-state index contributed by atoms with van der Waals surface area (Å²) in [6, 6.07) is 0. The van der Waals surface area contributed by atoms with Gasteiger partial charge in [0.2, 0.25) is 0 Å². The van der Waals surface area contributed by atoms with Gasteiger partial charge in [0.15, 0.2) is 5.12 Å². The zero-order valence-corrected chi connectivity index (χ0v) is 6.61. The topological polar surface area (TPSA) is 54.4 Å².